The van der Waals surface area contributed by atoms with Crippen LogP contribution in [0.2, 0.25) is 0 Å². The number of benzene rings is 2. The molecule has 1 N–H and O–H groups in total. The summed E-state index contributed by atoms with van der Waals surface area (Å²) in [5.74, 6) is 0.257. The molecule has 0 spiro atoms. The molecule has 2 heterocycles. The summed E-state index contributed by atoms with van der Waals surface area (Å²) in [5, 5.41) is 11.3. The Morgan fingerprint density at radius 3 is 2.39 bits per heavy atom. The Morgan fingerprint density at radius 2 is 1.72 bits per heavy atom. The summed E-state index contributed by atoms with van der Waals surface area (Å²) >= 11 is 0. The number of ketones is 1. The lowest BCUT2D eigenvalue weighted by Crippen LogP contribution is -2.33. The van der Waals surface area contributed by atoms with E-state index in [0.717, 1.165) is 25.2 Å². The third-order valence-electron chi connectivity index (χ3n) is 6.63. The SMILES string of the molecule is CCOc1ccc([C@@H]2C(=C(O)c3ccc4c(c3)OCCO4)C(=O)C(=O)N2CCCN(CC)CC)cc1. The van der Waals surface area contributed by atoms with Gasteiger partial charge in [-0.2, -0.15) is 0 Å². The van der Waals surface area contributed by atoms with Crippen molar-refractivity contribution in [2.24, 2.45) is 0 Å². The Balaban J connectivity index is 1.72. The molecule has 0 aliphatic carbocycles. The largest absolute Gasteiger partial charge is 0.507 e. The summed E-state index contributed by atoms with van der Waals surface area (Å²) < 4.78 is 16.8. The minimum absolute atomic E-state index is 0.0728. The topological polar surface area (TPSA) is 88.5 Å². The molecule has 0 radical (unpaired) electrons. The lowest BCUT2D eigenvalue weighted by atomic mass is 9.95. The van der Waals surface area contributed by atoms with Gasteiger partial charge in [0.15, 0.2) is 11.5 Å². The van der Waals surface area contributed by atoms with Crippen molar-refractivity contribution in [1.82, 2.24) is 9.80 Å². The van der Waals surface area contributed by atoms with E-state index >= 15 is 0 Å². The number of aliphatic hydroxyl groups is 1. The molecule has 1 fully saturated rings. The lowest BCUT2D eigenvalue weighted by molar-refractivity contribution is -0.140. The van der Waals surface area contributed by atoms with Gasteiger partial charge in [0, 0.05) is 12.1 Å². The van der Waals surface area contributed by atoms with E-state index < -0.39 is 17.7 Å². The van der Waals surface area contributed by atoms with Crippen molar-refractivity contribution in [2.75, 3.05) is 46.0 Å². The quantitative estimate of drug-likeness (QED) is 0.303. The summed E-state index contributed by atoms with van der Waals surface area (Å²) in [7, 11) is 0. The molecule has 8 heteroatoms. The zero-order valence-corrected chi connectivity index (χ0v) is 21.2. The monoisotopic (exact) mass is 494 g/mol. The molecule has 4 rings (SSSR count). The maximum Gasteiger partial charge on any atom is 0.295 e. The van der Waals surface area contributed by atoms with E-state index in [1.165, 1.54) is 0 Å². The lowest BCUT2D eigenvalue weighted by Gasteiger charge is -2.27. The van der Waals surface area contributed by atoms with Gasteiger partial charge in [-0.15, -0.1) is 0 Å². The second-order valence-electron chi connectivity index (χ2n) is 8.73. The fourth-order valence-corrected chi connectivity index (χ4v) is 4.72. The van der Waals surface area contributed by atoms with Crippen LogP contribution in [0.5, 0.6) is 17.2 Å². The predicted molar refractivity (Wildman–Crippen MR) is 136 cm³/mol. The summed E-state index contributed by atoms with van der Waals surface area (Å²) in [6.45, 7) is 10.6. The van der Waals surface area contributed by atoms with E-state index in [1.54, 1.807) is 23.1 Å². The van der Waals surface area contributed by atoms with E-state index in [4.69, 9.17) is 14.2 Å². The minimum atomic E-state index is -0.703. The molecule has 192 valence electrons. The molecule has 8 nitrogen and oxygen atoms in total. The van der Waals surface area contributed by atoms with Gasteiger partial charge in [-0.25, -0.2) is 0 Å². The fourth-order valence-electron chi connectivity index (χ4n) is 4.72. The Hall–Kier alpha value is -3.52. The van der Waals surface area contributed by atoms with Crippen LogP contribution in [0.1, 0.15) is 44.4 Å². The van der Waals surface area contributed by atoms with Crippen molar-refractivity contribution in [3.05, 3.63) is 59.2 Å². The van der Waals surface area contributed by atoms with Crippen LogP contribution in [-0.4, -0.2) is 72.6 Å². The number of nitrogens with zero attached hydrogens (tertiary/aromatic N) is 2. The van der Waals surface area contributed by atoms with Gasteiger partial charge in [-0.1, -0.05) is 26.0 Å². The smallest absolute Gasteiger partial charge is 0.295 e. The van der Waals surface area contributed by atoms with Crippen molar-refractivity contribution < 1.29 is 28.9 Å². The average molecular weight is 495 g/mol. The van der Waals surface area contributed by atoms with Crippen molar-refractivity contribution in [3.63, 3.8) is 0 Å². The molecule has 0 bridgehead atoms. The maximum absolute atomic E-state index is 13.3. The van der Waals surface area contributed by atoms with Crippen molar-refractivity contribution in [2.45, 2.75) is 33.2 Å². The molecule has 1 atom stereocenters. The van der Waals surface area contributed by atoms with Gasteiger partial charge in [-0.05, 0) is 68.9 Å². The summed E-state index contributed by atoms with van der Waals surface area (Å²) in [6.07, 6.45) is 0.715. The zero-order chi connectivity index (χ0) is 25.7. The van der Waals surface area contributed by atoms with E-state index in [2.05, 4.69) is 18.7 Å². The number of carbonyl (C=O) groups excluding carboxylic acids is 2. The number of hydrogen-bond acceptors (Lipinski definition) is 7. The molecule has 0 saturated carbocycles. The molecule has 2 aliphatic heterocycles. The van der Waals surface area contributed by atoms with E-state index in [1.807, 2.05) is 31.2 Å². The van der Waals surface area contributed by atoms with E-state index in [-0.39, 0.29) is 11.3 Å². The Morgan fingerprint density at radius 1 is 1.03 bits per heavy atom. The number of fused-ring (bicyclic) bond motifs is 1. The predicted octanol–water partition coefficient (Wildman–Crippen LogP) is 4.01. The maximum atomic E-state index is 13.3. The van der Waals surface area contributed by atoms with Gasteiger partial charge in [0.2, 0.25) is 0 Å². The first-order chi connectivity index (χ1) is 17.5. The molecule has 1 saturated heterocycles. The van der Waals surface area contributed by atoms with Crippen LogP contribution in [0.3, 0.4) is 0 Å². The van der Waals surface area contributed by atoms with Crippen LogP contribution >= 0.6 is 0 Å². The highest BCUT2D eigenvalue weighted by molar-refractivity contribution is 6.46. The van der Waals surface area contributed by atoms with Gasteiger partial charge in [-0.3, -0.25) is 9.59 Å². The Kier molecular flexibility index (Phi) is 8.15. The first kappa shape index (κ1) is 25.6. The van der Waals surface area contributed by atoms with Crippen molar-refractivity contribution in [1.29, 1.82) is 0 Å². The fraction of sp³-hybridized carbons (Fsp3) is 0.429. The number of ether oxygens (including phenoxy) is 3. The van der Waals surface area contributed by atoms with Crippen LogP contribution in [0.4, 0.5) is 0 Å². The summed E-state index contributed by atoms with van der Waals surface area (Å²) in [5.41, 5.74) is 1.21. The minimum Gasteiger partial charge on any atom is -0.507 e. The second kappa shape index (κ2) is 11.5. The molecule has 2 aromatic carbocycles. The molecular weight excluding hydrogens is 460 g/mol. The number of carbonyl (C=O) groups is 2. The molecule has 0 unspecified atom stereocenters. The van der Waals surface area contributed by atoms with Gasteiger partial charge in [0.25, 0.3) is 11.7 Å². The van der Waals surface area contributed by atoms with E-state index in [9.17, 15) is 14.7 Å². The number of hydrogen-bond donors (Lipinski definition) is 1. The number of aliphatic hydroxyl groups excluding tert-OH is 1. The number of likely N-dealkylation sites (tertiary alicyclic amines) is 1. The molecule has 2 aliphatic rings. The molecule has 36 heavy (non-hydrogen) atoms. The Bertz CT molecular complexity index is 1120. The molecular formula is C28H34N2O6. The molecule has 2 aromatic rings. The molecule has 1 amide bonds. The highest BCUT2D eigenvalue weighted by Gasteiger charge is 2.45. The molecule has 0 aromatic heterocycles. The first-order valence-electron chi connectivity index (χ1n) is 12.6. The van der Waals surface area contributed by atoms with Gasteiger partial charge in [0.05, 0.1) is 18.2 Å². The summed E-state index contributed by atoms with van der Waals surface area (Å²) in [6, 6.07) is 11.6. The number of rotatable bonds is 10. The number of Topliss-reactive ketones (excluding diaryl/α,β-unsaturated/α-hetero) is 1. The second-order valence-corrected chi connectivity index (χ2v) is 8.73. The third-order valence-corrected chi connectivity index (χ3v) is 6.63. The highest BCUT2D eigenvalue weighted by Crippen LogP contribution is 2.41. The third kappa shape index (κ3) is 5.18. The van der Waals surface area contributed by atoms with E-state index in [0.29, 0.717) is 55.6 Å². The van der Waals surface area contributed by atoms with Crippen LogP contribution in [0, 0.1) is 0 Å². The van der Waals surface area contributed by atoms with Gasteiger partial charge < -0.3 is 29.1 Å². The van der Waals surface area contributed by atoms with Gasteiger partial charge >= 0.3 is 0 Å². The standard InChI is InChI=1S/C28H34N2O6/c1-4-29(5-2)14-7-15-30-25(19-8-11-21(12-9-19)34-6-3)24(27(32)28(30)33)26(31)20-10-13-22-23(18-20)36-17-16-35-22/h8-13,18,25,31H,4-7,14-17H2,1-3H3/t25-/m1/s1. The van der Waals surface area contributed by atoms with Crippen LogP contribution < -0.4 is 14.2 Å². The van der Waals surface area contributed by atoms with Crippen LogP contribution in [0.25, 0.3) is 5.76 Å². The Labute approximate surface area is 212 Å². The highest BCUT2D eigenvalue weighted by atomic mass is 16.6. The normalized spacial score (nSPS) is 18.7. The zero-order valence-electron chi connectivity index (χ0n) is 21.2. The van der Waals surface area contributed by atoms with Crippen molar-refractivity contribution in [3.8, 4) is 17.2 Å². The van der Waals surface area contributed by atoms with Gasteiger partial charge in [0.1, 0.15) is 24.7 Å². The first-order valence-corrected chi connectivity index (χ1v) is 12.6. The summed E-state index contributed by atoms with van der Waals surface area (Å²) in [4.78, 5) is 30.3. The van der Waals surface area contributed by atoms with Crippen molar-refractivity contribution >= 4 is 17.4 Å². The van der Waals surface area contributed by atoms with Crippen LogP contribution in [0.15, 0.2) is 48.0 Å². The average Bonchev–Trinajstić information content (AvgIpc) is 3.16. The number of amides is 1. The van der Waals surface area contributed by atoms with Crippen LogP contribution in [-0.2, 0) is 9.59 Å².